The van der Waals surface area contributed by atoms with Gasteiger partial charge in [-0.1, -0.05) is 19.8 Å². The van der Waals surface area contributed by atoms with E-state index in [-0.39, 0.29) is 0 Å². The third-order valence-electron chi connectivity index (χ3n) is 3.12. The molecule has 2 atom stereocenters. The Balaban J connectivity index is 2.19. The molecule has 2 heteroatoms. The Labute approximate surface area is 87.1 Å². The summed E-state index contributed by atoms with van der Waals surface area (Å²) in [6.45, 7) is 2.25. The molecule has 1 aliphatic rings. The van der Waals surface area contributed by atoms with Crippen LogP contribution >= 0.6 is 11.8 Å². The lowest BCUT2D eigenvalue weighted by Crippen LogP contribution is -2.36. The molecule has 1 rings (SSSR count). The molecule has 1 saturated carbocycles. The second-order valence-electron chi connectivity index (χ2n) is 3.93. The fourth-order valence-electron chi connectivity index (χ4n) is 2.31. The first kappa shape index (κ1) is 11.4. The van der Waals surface area contributed by atoms with Crippen molar-refractivity contribution in [1.29, 1.82) is 0 Å². The van der Waals surface area contributed by atoms with Gasteiger partial charge in [0, 0.05) is 6.04 Å². The lowest BCUT2D eigenvalue weighted by atomic mass is 9.83. The quantitative estimate of drug-likeness (QED) is 0.686. The van der Waals surface area contributed by atoms with Gasteiger partial charge in [0.15, 0.2) is 0 Å². The van der Waals surface area contributed by atoms with Crippen LogP contribution in [0.2, 0.25) is 0 Å². The van der Waals surface area contributed by atoms with Gasteiger partial charge in [-0.05, 0) is 43.7 Å². The molecule has 0 bridgehead atoms. The van der Waals surface area contributed by atoms with Gasteiger partial charge in [0.2, 0.25) is 0 Å². The van der Waals surface area contributed by atoms with Crippen molar-refractivity contribution in [2.75, 3.05) is 18.6 Å². The predicted octanol–water partition coefficient (Wildman–Crippen LogP) is 2.91. The van der Waals surface area contributed by atoms with Crippen LogP contribution in [0.25, 0.3) is 0 Å². The van der Waals surface area contributed by atoms with Gasteiger partial charge in [0.05, 0.1) is 0 Å². The van der Waals surface area contributed by atoms with E-state index in [1.165, 1.54) is 43.6 Å². The van der Waals surface area contributed by atoms with Crippen LogP contribution < -0.4 is 5.32 Å². The first-order valence-electron chi connectivity index (χ1n) is 5.63. The van der Waals surface area contributed by atoms with Crippen molar-refractivity contribution in [2.45, 2.75) is 45.1 Å². The molecule has 1 N–H and O–H groups in total. The average Bonchev–Trinajstić information content (AvgIpc) is 2.19. The van der Waals surface area contributed by atoms with Crippen LogP contribution in [0, 0.1) is 5.92 Å². The zero-order valence-electron chi connectivity index (χ0n) is 9.01. The van der Waals surface area contributed by atoms with E-state index in [2.05, 4.69) is 31.1 Å². The van der Waals surface area contributed by atoms with Gasteiger partial charge in [0.1, 0.15) is 0 Å². The number of hydrogen-bond donors (Lipinski definition) is 1. The van der Waals surface area contributed by atoms with E-state index in [4.69, 9.17) is 0 Å². The molecular weight excluding hydrogens is 178 g/mol. The molecule has 2 unspecified atom stereocenters. The van der Waals surface area contributed by atoms with Crippen LogP contribution in [0.4, 0.5) is 0 Å². The SMILES string of the molecule is CCSCCC1CCCCC1NC. The largest absolute Gasteiger partial charge is 0.317 e. The molecule has 78 valence electrons. The van der Waals surface area contributed by atoms with Crippen molar-refractivity contribution in [3.8, 4) is 0 Å². The van der Waals surface area contributed by atoms with Crippen molar-refractivity contribution in [3.63, 3.8) is 0 Å². The average molecular weight is 201 g/mol. The van der Waals surface area contributed by atoms with Crippen molar-refractivity contribution < 1.29 is 0 Å². The third-order valence-corrected chi connectivity index (χ3v) is 4.05. The zero-order valence-corrected chi connectivity index (χ0v) is 9.83. The van der Waals surface area contributed by atoms with E-state index in [9.17, 15) is 0 Å². The molecule has 1 aliphatic carbocycles. The molecule has 0 aromatic rings. The Morgan fingerprint density at radius 1 is 1.31 bits per heavy atom. The van der Waals surface area contributed by atoms with Crippen LogP contribution in [0.5, 0.6) is 0 Å². The van der Waals surface area contributed by atoms with E-state index in [1.54, 1.807) is 0 Å². The van der Waals surface area contributed by atoms with Crippen LogP contribution in [0.3, 0.4) is 0 Å². The molecule has 0 radical (unpaired) electrons. The van der Waals surface area contributed by atoms with Crippen LogP contribution in [0.15, 0.2) is 0 Å². The fraction of sp³-hybridized carbons (Fsp3) is 1.00. The Hall–Kier alpha value is 0.310. The molecule has 0 saturated heterocycles. The summed E-state index contributed by atoms with van der Waals surface area (Å²) in [6, 6.07) is 0.811. The van der Waals surface area contributed by atoms with Crippen molar-refractivity contribution in [3.05, 3.63) is 0 Å². The van der Waals surface area contributed by atoms with Crippen LogP contribution in [-0.2, 0) is 0 Å². The molecule has 13 heavy (non-hydrogen) atoms. The highest BCUT2D eigenvalue weighted by atomic mass is 32.2. The van der Waals surface area contributed by atoms with Gasteiger partial charge in [-0.3, -0.25) is 0 Å². The van der Waals surface area contributed by atoms with Crippen molar-refractivity contribution >= 4 is 11.8 Å². The van der Waals surface area contributed by atoms with Gasteiger partial charge in [-0.25, -0.2) is 0 Å². The van der Waals surface area contributed by atoms with E-state index in [0.29, 0.717) is 0 Å². The van der Waals surface area contributed by atoms with Crippen LogP contribution in [-0.4, -0.2) is 24.6 Å². The number of nitrogens with one attached hydrogen (secondary N) is 1. The maximum Gasteiger partial charge on any atom is 0.00926 e. The summed E-state index contributed by atoms with van der Waals surface area (Å²) in [6.07, 6.45) is 7.17. The molecule has 0 heterocycles. The van der Waals surface area contributed by atoms with Crippen LogP contribution in [0.1, 0.15) is 39.0 Å². The first-order valence-corrected chi connectivity index (χ1v) is 6.79. The van der Waals surface area contributed by atoms with E-state index >= 15 is 0 Å². The first-order chi connectivity index (χ1) is 6.38. The highest BCUT2D eigenvalue weighted by molar-refractivity contribution is 7.99. The van der Waals surface area contributed by atoms with E-state index in [1.807, 2.05) is 0 Å². The minimum atomic E-state index is 0.811. The molecule has 0 aromatic heterocycles. The smallest absolute Gasteiger partial charge is 0.00926 e. The Morgan fingerprint density at radius 3 is 2.77 bits per heavy atom. The minimum Gasteiger partial charge on any atom is -0.317 e. The summed E-state index contributed by atoms with van der Waals surface area (Å²) in [4.78, 5) is 0. The zero-order chi connectivity index (χ0) is 9.52. The highest BCUT2D eigenvalue weighted by Crippen LogP contribution is 2.27. The lowest BCUT2D eigenvalue weighted by molar-refractivity contribution is 0.269. The third kappa shape index (κ3) is 3.90. The molecule has 0 spiro atoms. The predicted molar refractivity (Wildman–Crippen MR) is 62.4 cm³/mol. The second-order valence-corrected chi connectivity index (χ2v) is 5.32. The van der Waals surface area contributed by atoms with Gasteiger partial charge >= 0.3 is 0 Å². The lowest BCUT2D eigenvalue weighted by Gasteiger charge is -2.31. The van der Waals surface area contributed by atoms with Gasteiger partial charge in [-0.15, -0.1) is 0 Å². The number of hydrogen-bond acceptors (Lipinski definition) is 2. The van der Waals surface area contributed by atoms with E-state index in [0.717, 1.165) is 12.0 Å². The monoisotopic (exact) mass is 201 g/mol. The Bertz CT molecular complexity index is 127. The molecule has 0 amide bonds. The summed E-state index contributed by atoms with van der Waals surface area (Å²) in [7, 11) is 2.12. The van der Waals surface area contributed by atoms with Crippen molar-refractivity contribution in [1.82, 2.24) is 5.32 Å². The molecular formula is C11H23NS. The number of rotatable bonds is 5. The van der Waals surface area contributed by atoms with Gasteiger partial charge < -0.3 is 5.32 Å². The topological polar surface area (TPSA) is 12.0 Å². The summed E-state index contributed by atoms with van der Waals surface area (Å²) in [5.74, 6) is 3.59. The molecule has 1 fully saturated rings. The molecule has 0 aliphatic heterocycles. The van der Waals surface area contributed by atoms with Gasteiger partial charge in [0.25, 0.3) is 0 Å². The second kappa shape index (κ2) is 6.72. The summed E-state index contributed by atoms with van der Waals surface area (Å²) < 4.78 is 0. The Kier molecular flexibility index (Phi) is 5.88. The Morgan fingerprint density at radius 2 is 2.08 bits per heavy atom. The van der Waals surface area contributed by atoms with Crippen molar-refractivity contribution in [2.24, 2.45) is 5.92 Å². The highest BCUT2D eigenvalue weighted by Gasteiger charge is 2.22. The standard InChI is InChI=1S/C11H23NS/c1-3-13-9-8-10-6-4-5-7-11(10)12-2/h10-12H,3-9H2,1-2H3. The fourth-order valence-corrected chi connectivity index (χ4v) is 3.07. The molecule has 0 aromatic carbocycles. The summed E-state index contributed by atoms with van der Waals surface area (Å²) in [5.41, 5.74) is 0. The molecule has 1 nitrogen and oxygen atoms in total. The minimum absolute atomic E-state index is 0.811. The maximum absolute atomic E-state index is 3.47. The summed E-state index contributed by atoms with van der Waals surface area (Å²) >= 11 is 2.09. The van der Waals surface area contributed by atoms with Gasteiger partial charge in [-0.2, -0.15) is 11.8 Å². The summed E-state index contributed by atoms with van der Waals surface area (Å²) in [5, 5.41) is 3.47. The number of thioether (sulfide) groups is 1. The van der Waals surface area contributed by atoms with E-state index < -0.39 is 0 Å². The maximum atomic E-state index is 3.47. The normalized spacial score (nSPS) is 29.1.